The summed E-state index contributed by atoms with van der Waals surface area (Å²) in [4.78, 5) is 4.38. The van der Waals surface area contributed by atoms with Gasteiger partial charge in [-0.2, -0.15) is 0 Å². The Hall–Kier alpha value is -2.45. The minimum absolute atomic E-state index is 0.334. The Balaban J connectivity index is 1.69. The molecule has 23 heavy (non-hydrogen) atoms. The first-order chi connectivity index (χ1) is 11.2. The van der Waals surface area contributed by atoms with Gasteiger partial charge in [0.15, 0.2) is 0 Å². The topological polar surface area (TPSA) is 24.9 Å². The van der Waals surface area contributed by atoms with Gasteiger partial charge in [0.25, 0.3) is 0 Å². The molecule has 2 aromatic carbocycles. The van der Waals surface area contributed by atoms with E-state index in [1.165, 1.54) is 16.7 Å². The number of aromatic nitrogens is 1. The van der Waals surface area contributed by atoms with Crippen LogP contribution >= 0.6 is 0 Å². The summed E-state index contributed by atoms with van der Waals surface area (Å²) >= 11 is 0. The van der Waals surface area contributed by atoms with Gasteiger partial charge in [-0.1, -0.05) is 54.6 Å². The summed E-state index contributed by atoms with van der Waals surface area (Å²) in [6.45, 7) is 5.06. The van der Waals surface area contributed by atoms with E-state index in [-0.39, 0.29) is 0 Å². The summed E-state index contributed by atoms with van der Waals surface area (Å²) in [6, 6.07) is 23.7. The maximum absolute atomic E-state index is 4.38. The highest BCUT2D eigenvalue weighted by molar-refractivity contribution is 5.63. The molecule has 1 aromatic heterocycles. The molecule has 1 N–H and O–H groups in total. The average Bonchev–Trinajstić information content (AvgIpc) is 2.61. The van der Waals surface area contributed by atoms with Crippen molar-refractivity contribution in [2.45, 2.75) is 26.4 Å². The zero-order valence-corrected chi connectivity index (χ0v) is 13.7. The molecule has 0 fully saturated rings. The van der Waals surface area contributed by atoms with Crippen molar-refractivity contribution >= 4 is 0 Å². The number of hydrogen-bond acceptors (Lipinski definition) is 2. The van der Waals surface area contributed by atoms with Crippen molar-refractivity contribution in [3.05, 3.63) is 89.7 Å². The molecule has 1 atom stereocenters. The van der Waals surface area contributed by atoms with Gasteiger partial charge in [-0.15, -0.1) is 0 Å². The maximum atomic E-state index is 4.38. The van der Waals surface area contributed by atoms with Crippen LogP contribution in [0.5, 0.6) is 0 Å². The average molecular weight is 302 g/mol. The number of hydrogen-bond donors (Lipinski definition) is 1. The molecule has 0 aliphatic heterocycles. The standard InChI is InChI=1S/C21H22N2/c1-16-11-12-21(15-22-16)20-10-6-7-18(13-20)14-23-17(2)19-8-4-3-5-9-19/h3-13,15,17,23H,14H2,1-2H3/t17-/m1/s1. The summed E-state index contributed by atoms with van der Waals surface area (Å²) in [5.74, 6) is 0. The first-order valence-electron chi connectivity index (χ1n) is 8.03. The lowest BCUT2D eigenvalue weighted by molar-refractivity contribution is 0.575. The molecule has 0 saturated carbocycles. The third kappa shape index (κ3) is 4.05. The normalized spacial score (nSPS) is 12.1. The van der Waals surface area contributed by atoms with E-state index in [1.807, 2.05) is 13.1 Å². The zero-order chi connectivity index (χ0) is 16.1. The fourth-order valence-corrected chi connectivity index (χ4v) is 2.63. The number of aryl methyl sites for hydroxylation is 1. The van der Waals surface area contributed by atoms with Crippen LogP contribution in [-0.2, 0) is 6.54 Å². The van der Waals surface area contributed by atoms with Gasteiger partial charge in [-0.05, 0) is 42.7 Å². The maximum Gasteiger partial charge on any atom is 0.0373 e. The second-order valence-electron chi connectivity index (χ2n) is 5.90. The molecule has 0 amide bonds. The molecular formula is C21H22N2. The van der Waals surface area contributed by atoms with Crippen LogP contribution < -0.4 is 5.32 Å². The summed E-state index contributed by atoms with van der Waals surface area (Å²) in [6.07, 6.45) is 1.94. The van der Waals surface area contributed by atoms with Crippen LogP contribution in [-0.4, -0.2) is 4.98 Å². The van der Waals surface area contributed by atoms with Crippen LogP contribution in [0, 0.1) is 6.92 Å². The number of nitrogens with one attached hydrogen (secondary N) is 1. The molecule has 0 bridgehead atoms. The van der Waals surface area contributed by atoms with E-state index in [0.717, 1.165) is 17.8 Å². The van der Waals surface area contributed by atoms with Crippen molar-refractivity contribution in [3.8, 4) is 11.1 Å². The summed E-state index contributed by atoms with van der Waals surface area (Å²) in [5.41, 5.74) is 6.01. The highest BCUT2D eigenvalue weighted by Gasteiger charge is 2.05. The second-order valence-corrected chi connectivity index (χ2v) is 5.90. The summed E-state index contributed by atoms with van der Waals surface area (Å²) in [5, 5.41) is 3.59. The Morgan fingerprint density at radius 3 is 2.48 bits per heavy atom. The summed E-state index contributed by atoms with van der Waals surface area (Å²) < 4.78 is 0. The highest BCUT2D eigenvalue weighted by atomic mass is 14.9. The molecule has 2 nitrogen and oxygen atoms in total. The van der Waals surface area contributed by atoms with Crippen LogP contribution in [0.4, 0.5) is 0 Å². The predicted octanol–water partition coefficient (Wildman–Crippen LogP) is 4.91. The first kappa shape index (κ1) is 15.4. The van der Waals surface area contributed by atoms with Gasteiger partial charge in [0.2, 0.25) is 0 Å². The van der Waals surface area contributed by atoms with Crippen molar-refractivity contribution in [3.63, 3.8) is 0 Å². The van der Waals surface area contributed by atoms with E-state index in [0.29, 0.717) is 6.04 Å². The van der Waals surface area contributed by atoms with Crippen LogP contribution in [0.1, 0.15) is 29.8 Å². The summed E-state index contributed by atoms with van der Waals surface area (Å²) in [7, 11) is 0. The Kier molecular flexibility index (Phi) is 4.84. The second kappa shape index (κ2) is 7.21. The fourth-order valence-electron chi connectivity index (χ4n) is 2.63. The Bertz CT molecular complexity index is 748. The Morgan fingerprint density at radius 1 is 0.913 bits per heavy atom. The Labute approximate surface area is 138 Å². The predicted molar refractivity (Wildman–Crippen MR) is 96.1 cm³/mol. The van der Waals surface area contributed by atoms with Crippen LogP contribution in [0.2, 0.25) is 0 Å². The highest BCUT2D eigenvalue weighted by Crippen LogP contribution is 2.20. The molecule has 3 rings (SSSR count). The van der Waals surface area contributed by atoms with E-state index in [4.69, 9.17) is 0 Å². The molecule has 3 aromatic rings. The van der Waals surface area contributed by atoms with Crippen LogP contribution in [0.3, 0.4) is 0 Å². The van der Waals surface area contributed by atoms with Gasteiger partial charge < -0.3 is 5.32 Å². The third-order valence-corrected chi connectivity index (χ3v) is 4.08. The smallest absolute Gasteiger partial charge is 0.0373 e. The number of rotatable bonds is 5. The minimum Gasteiger partial charge on any atom is -0.306 e. The molecule has 116 valence electrons. The molecule has 0 radical (unpaired) electrons. The molecular weight excluding hydrogens is 280 g/mol. The van der Waals surface area contributed by atoms with Crippen molar-refractivity contribution in [2.75, 3.05) is 0 Å². The van der Waals surface area contributed by atoms with Gasteiger partial charge in [-0.3, -0.25) is 4.98 Å². The van der Waals surface area contributed by atoms with Crippen molar-refractivity contribution in [1.29, 1.82) is 0 Å². The number of pyridine rings is 1. The van der Waals surface area contributed by atoms with Gasteiger partial charge in [-0.25, -0.2) is 0 Å². The lowest BCUT2D eigenvalue weighted by atomic mass is 10.0. The van der Waals surface area contributed by atoms with Crippen LogP contribution in [0.15, 0.2) is 72.9 Å². The van der Waals surface area contributed by atoms with E-state index in [9.17, 15) is 0 Å². The van der Waals surface area contributed by atoms with E-state index < -0.39 is 0 Å². The van der Waals surface area contributed by atoms with Crippen molar-refractivity contribution < 1.29 is 0 Å². The third-order valence-electron chi connectivity index (χ3n) is 4.08. The largest absolute Gasteiger partial charge is 0.306 e. The van der Waals surface area contributed by atoms with Gasteiger partial charge in [0.05, 0.1) is 0 Å². The molecule has 0 aliphatic rings. The molecule has 0 saturated heterocycles. The van der Waals surface area contributed by atoms with Gasteiger partial charge in [0, 0.05) is 30.0 Å². The lowest BCUT2D eigenvalue weighted by Crippen LogP contribution is -2.17. The fraction of sp³-hybridized carbons (Fsp3) is 0.190. The SMILES string of the molecule is Cc1ccc(-c2cccc(CN[C@H](C)c3ccccc3)c2)cn1. The molecule has 1 heterocycles. The van der Waals surface area contributed by atoms with Crippen molar-refractivity contribution in [2.24, 2.45) is 0 Å². The van der Waals surface area contributed by atoms with E-state index in [2.05, 4.69) is 84.0 Å². The lowest BCUT2D eigenvalue weighted by Gasteiger charge is -2.14. The minimum atomic E-state index is 0.334. The number of nitrogens with zero attached hydrogens (tertiary/aromatic N) is 1. The molecule has 0 unspecified atom stereocenters. The molecule has 0 spiro atoms. The van der Waals surface area contributed by atoms with Crippen molar-refractivity contribution in [1.82, 2.24) is 10.3 Å². The van der Waals surface area contributed by atoms with Gasteiger partial charge >= 0.3 is 0 Å². The van der Waals surface area contributed by atoms with E-state index >= 15 is 0 Å². The monoisotopic (exact) mass is 302 g/mol. The zero-order valence-electron chi connectivity index (χ0n) is 13.7. The van der Waals surface area contributed by atoms with Crippen LogP contribution in [0.25, 0.3) is 11.1 Å². The molecule has 0 aliphatic carbocycles. The Morgan fingerprint density at radius 2 is 1.74 bits per heavy atom. The first-order valence-corrected chi connectivity index (χ1v) is 8.03. The quantitative estimate of drug-likeness (QED) is 0.724. The van der Waals surface area contributed by atoms with E-state index in [1.54, 1.807) is 0 Å². The van der Waals surface area contributed by atoms with Gasteiger partial charge in [0.1, 0.15) is 0 Å². The number of benzene rings is 2. The molecule has 2 heteroatoms.